The molecule has 27 heavy (non-hydrogen) atoms. The number of benzene rings is 2. The summed E-state index contributed by atoms with van der Waals surface area (Å²) in [6.07, 6.45) is -4.70. The van der Waals surface area contributed by atoms with E-state index in [2.05, 4.69) is 20.0 Å². The minimum atomic E-state index is -4.70. The molecular formula is C18H14F3N3O3. The molecule has 3 aromatic rings. The number of Topliss-reactive ketones (excluding diaryl/α,β-unsaturated/α-hetero) is 1. The first kappa shape index (κ1) is 18.4. The molecule has 0 aliphatic rings. The number of aromatic nitrogens is 2. The summed E-state index contributed by atoms with van der Waals surface area (Å²) in [5, 5.41) is 6.29. The van der Waals surface area contributed by atoms with Crippen LogP contribution >= 0.6 is 0 Å². The van der Waals surface area contributed by atoms with Gasteiger partial charge in [0, 0.05) is 11.1 Å². The molecule has 0 spiro atoms. The van der Waals surface area contributed by atoms with Crippen molar-refractivity contribution in [1.29, 1.82) is 0 Å². The fraction of sp³-hybridized carbons (Fsp3) is 0.167. The van der Waals surface area contributed by atoms with Crippen LogP contribution in [0.5, 0.6) is 5.75 Å². The number of ketones is 1. The first-order chi connectivity index (χ1) is 12.9. The highest BCUT2D eigenvalue weighted by molar-refractivity contribution is 5.99. The SMILES string of the molecule is COc1ccccc1NCC(=O)c1ccc(-c2noc(C(F)(F)F)n2)cc1. The minimum Gasteiger partial charge on any atom is -0.495 e. The lowest BCUT2D eigenvalue weighted by Crippen LogP contribution is -2.14. The fourth-order valence-corrected chi connectivity index (χ4v) is 2.33. The predicted octanol–water partition coefficient (Wildman–Crippen LogP) is 4.06. The summed E-state index contributed by atoms with van der Waals surface area (Å²) in [5.74, 6) is -1.21. The Kier molecular flexibility index (Phi) is 5.11. The van der Waals surface area contributed by atoms with Crippen LogP contribution in [0.1, 0.15) is 16.2 Å². The van der Waals surface area contributed by atoms with Crippen LogP contribution in [0.3, 0.4) is 0 Å². The lowest BCUT2D eigenvalue weighted by Gasteiger charge is -2.10. The summed E-state index contributed by atoms with van der Waals surface area (Å²) >= 11 is 0. The summed E-state index contributed by atoms with van der Waals surface area (Å²) < 4.78 is 46.9. The zero-order valence-electron chi connectivity index (χ0n) is 14.1. The number of hydrogen-bond acceptors (Lipinski definition) is 6. The lowest BCUT2D eigenvalue weighted by molar-refractivity contribution is -0.159. The van der Waals surface area contributed by atoms with E-state index in [4.69, 9.17) is 4.74 Å². The molecule has 140 valence electrons. The van der Waals surface area contributed by atoms with Crippen LogP contribution < -0.4 is 10.1 Å². The van der Waals surface area contributed by atoms with Gasteiger partial charge in [-0.2, -0.15) is 18.2 Å². The molecule has 0 aliphatic heterocycles. The summed E-state index contributed by atoms with van der Waals surface area (Å²) in [4.78, 5) is 15.6. The zero-order chi connectivity index (χ0) is 19.4. The highest BCUT2D eigenvalue weighted by Crippen LogP contribution is 2.29. The Morgan fingerprint density at radius 1 is 1.15 bits per heavy atom. The number of halogens is 3. The molecule has 0 amide bonds. The second kappa shape index (κ2) is 7.48. The molecule has 3 rings (SSSR count). The quantitative estimate of drug-likeness (QED) is 0.653. The largest absolute Gasteiger partial charge is 0.495 e. The minimum absolute atomic E-state index is 0.0279. The number of carbonyl (C=O) groups is 1. The number of para-hydroxylation sites is 2. The molecule has 1 N–H and O–H groups in total. The topological polar surface area (TPSA) is 77.2 Å². The third-order valence-corrected chi connectivity index (χ3v) is 3.68. The Balaban J connectivity index is 1.68. The zero-order valence-corrected chi connectivity index (χ0v) is 14.1. The van der Waals surface area contributed by atoms with Crippen molar-refractivity contribution in [3.63, 3.8) is 0 Å². The molecular weight excluding hydrogens is 363 g/mol. The van der Waals surface area contributed by atoms with Crippen molar-refractivity contribution >= 4 is 11.5 Å². The van der Waals surface area contributed by atoms with Gasteiger partial charge in [-0.25, -0.2) is 0 Å². The molecule has 9 heteroatoms. The third-order valence-electron chi connectivity index (χ3n) is 3.68. The van der Waals surface area contributed by atoms with E-state index in [1.54, 1.807) is 12.1 Å². The highest BCUT2D eigenvalue weighted by Gasteiger charge is 2.38. The number of methoxy groups -OCH3 is 1. The van der Waals surface area contributed by atoms with Gasteiger partial charge in [0.15, 0.2) is 5.78 Å². The highest BCUT2D eigenvalue weighted by atomic mass is 19.4. The number of carbonyl (C=O) groups excluding carboxylic acids is 1. The molecule has 6 nitrogen and oxygen atoms in total. The Labute approximate surface area is 152 Å². The maximum absolute atomic E-state index is 12.5. The van der Waals surface area contributed by atoms with E-state index in [9.17, 15) is 18.0 Å². The number of ether oxygens (including phenoxy) is 1. The van der Waals surface area contributed by atoms with Crippen LogP contribution in [0.25, 0.3) is 11.4 Å². The van der Waals surface area contributed by atoms with Gasteiger partial charge in [-0.1, -0.05) is 41.6 Å². The van der Waals surface area contributed by atoms with Gasteiger partial charge in [-0.3, -0.25) is 4.79 Å². The smallest absolute Gasteiger partial charge is 0.471 e. The van der Waals surface area contributed by atoms with E-state index in [1.165, 1.54) is 31.4 Å². The Morgan fingerprint density at radius 3 is 2.48 bits per heavy atom. The van der Waals surface area contributed by atoms with Gasteiger partial charge in [-0.15, -0.1) is 0 Å². The average molecular weight is 377 g/mol. The summed E-state index contributed by atoms with van der Waals surface area (Å²) in [6, 6.07) is 13.1. The number of anilines is 1. The number of rotatable bonds is 6. The number of nitrogens with zero attached hydrogens (tertiary/aromatic N) is 2. The van der Waals surface area contributed by atoms with E-state index in [1.807, 2.05) is 12.1 Å². The Bertz CT molecular complexity index is 937. The normalized spacial score (nSPS) is 11.3. The van der Waals surface area contributed by atoms with Crippen LogP contribution in [0.4, 0.5) is 18.9 Å². The molecule has 0 aliphatic carbocycles. The molecule has 0 saturated heterocycles. The first-order valence-corrected chi connectivity index (χ1v) is 7.80. The monoisotopic (exact) mass is 377 g/mol. The van der Waals surface area contributed by atoms with Gasteiger partial charge < -0.3 is 14.6 Å². The van der Waals surface area contributed by atoms with Gasteiger partial charge >= 0.3 is 12.1 Å². The van der Waals surface area contributed by atoms with Crippen LogP contribution in [0, 0.1) is 0 Å². The van der Waals surface area contributed by atoms with E-state index in [0.29, 0.717) is 22.6 Å². The van der Waals surface area contributed by atoms with Crippen molar-refractivity contribution in [3.05, 3.63) is 60.0 Å². The van der Waals surface area contributed by atoms with Gasteiger partial charge in [0.25, 0.3) is 0 Å². The van der Waals surface area contributed by atoms with E-state index in [-0.39, 0.29) is 18.2 Å². The van der Waals surface area contributed by atoms with Gasteiger partial charge in [0.05, 0.1) is 19.3 Å². The average Bonchev–Trinajstić information content (AvgIpc) is 3.17. The summed E-state index contributed by atoms with van der Waals surface area (Å²) in [6.45, 7) is 0.0279. The second-order valence-electron chi connectivity index (χ2n) is 5.48. The first-order valence-electron chi connectivity index (χ1n) is 7.80. The molecule has 0 unspecified atom stereocenters. The van der Waals surface area contributed by atoms with Gasteiger partial charge in [-0.05, 0) is 12.1 Å². The molecule has 1 heterocycles. The van der Waals surface area contributed by atoms with Crippen molar-refractivity contribution in [2.45, 2.75) is 6.18 Å². The lowest BCUT2D eigenvalue weighted by atomic mass is 10.1. The van der Waals surface area contributed by atoms with E-state index >= 15 is 0 Å². The molecule has 0 radical (unpaired) electrons. The molecule has 2 aromatic carbocycles. The third kappa shape index (κ3) is 4.25. The Hall–Kier alpha value is -3.36. The van der Waals surface area contributed by atoms with Crippen LogP contribution in [0.15, 0.2) is 53.1 Å². The molecule has 0 bridgehead atoms. The molecule has 0 atom stereocenters. The second-order valence-corrected chi connectivity index (χ2v) is 5.48. The maximum Gasteiger partial charge on any atom is 0.471 e. The van der Waals surface area contributed by atoms with E-state index in [0.717, 1.165) is 0 Å². The molecule has 0 fully saturated rings. The molecule has 1 aromatic heterocycles. The maximum atomic E-state index is 12.5. The van der Waals surface area contributed by atoms with E-state index < -0.39 is 12.1 Å². The van der Waals surface area contributed by atoms with Crippen molar-refractivity contribution in [2.24, 2.45) is 0 Å². The Morgan fingerprint density at radius 2 is 1.85 bits per heavy atom. The standard InChI is InChI=1S/C18H14F3N3O3/c1-26-15-5-3-2-4-13(15)22-10-14(25)11-6-8-12(9-7-11)16-23-17(27-24-16)18(19,20)21/h2-9,22H,10H2,1H3. The van der Waals surface area contributed by atoms with Gasteiger partial charge in [0.1, 0.15) is 5.75 Å². The van der Waals surface area contributed by atoms with Gasteiger partial charge in [0.2, 0.25) is 5.82 Å². The van der Waals surface area contributed by atoms with Crippen molar-refractivity contribution in [3.8, 4) is 17.1 Å². The summed E-state index contributed by atoms with van der Waals surface area (Å²) in [7, 11) is 1.53. The van der Waals surface area contributed by atoms with Crippen LogP contribution in [-0.4, -0.2) is 29.6 Å². The predicted molar refractivity (Wildman–Crippen MR) is 90.6 cm³/mol. The number of nitrogens with one attached hydrogen (secondary N) is 1. The molecule has 0 saturated carbocycles. The fourth-order valence-electron chi connectivity index (χ4n) is 2.33. The van der Waals surface area contributed by atoms with Crippen LogP contribution in [-0.2, 0) is 6.18 Å². The number of alkyl halides is 3. The van der Waals surface area contributed by atoms with Crippen molar-refractivity contribution in [1.82, 2.24) is 10.1 Å². The van der Waals surface area contributed by atoms with Crippen LogP contribution in [0.2, 0.25) is 0 Å². The van der Waals surface area contributed by atoms with Crippen molar-refractivity contribution in [2.75, 3.05) is 19.0 Å². The van der Waals surface area contributed by atoms with Crippen molar-refractivity contribution < 1.29 is 27.2 Å². The summed E-state index contributed by atoms with van der Waals surface area (Å²) in [5.41, 5.74) is 1.38. The number of hydrogen-bond donors (Lipinski definition) is 1.